The van der Waals surface area contributed by atoms with Gasteiger partial charge in [-0.05, 0) is 52.8 Å². The van der Waals surface area contributed by atoms with Crippen LogP contribution in [0.25, 0.3) is 0 Å². The number of hydrogen-bond acceptors (Lipinski definition) is 3. The molecule has 1 amide bonds. The van der Waals surface area contributed by atoms with Crippen LogP contribution < -0.4 is 15.8 Å². The smallest absolute Gasteiger partial charge is 0.253 e. The SMILES string of the molecule is CNCc1cccc(Oc2cccc(Br)c2C(N)=O)c1. The lowest BCUT2D eigenvalue weighted by atomic mass is 10.2. The molecule has 3 N–H and O–H groups in total. The van der Waals surface area contributed by atoms with E-state index in [1.54, 1.807) is 18.2 Å². The van der Waals surface area contributed by atoms with Crippen molar-refractivity contribution in [2.75, 3.05) is 7.05 Å². The number of amides is 1. The van der Waals surface area contributed by atoms with Crippen molar-refractivity contribution in [3.63, 3.8) is 0 Å². The van der Waals surface area contributed by atoms with E-state index in [9.17, 15) is 4.79 Å². The van der Waals surface area contributed by atoms with Gasteiger partial charge in [-0.1, -0.05) is 18.2 Å². The summed E-state index contributed by atoms with van der Waals surface area (Å²) in [6.45, 7) is 0.748. The van der Waals surface area contributed by atoms with Gasteiger partial charge in [0.1, 0.15) is 11.5 Å². The van der Waals surface area contributed by atoms with Crippen molar-refractivity contribution in [1.82, 2.24) is 5.32 Å². The summed E-state index contributed by atoms with van der Waals surface area (Å²) in [5, 5.41) is 3.08. The summed E-state index contributed by atoms with van der Waals surface area (Å²) < 4.78 is 6.40. The molecule has 0 radical (unpaired) electrons. The second-order valence-electron chi connectivity index (χ2n) is 4.26. The van der Waals surface area contributed by atoms with Crippen LogP contribution in [-0.2, 0) is 6.54 Å². The number of rotatable bonds is 5. The first-order valence-corrected chi connectivity index (χ1v) is 6.91. The quantitative estimate of drug-likeness (QED) is 0.883. The molecule has 0 aliphatic carbocycles. The van der Waals surface area contributed by atoms with Crippen molar-refractivity contribution in [2.24, 2.45) is 5.73 Å². The van der Waals surface area contributed by atoms with E-state index in [2.05, 4.69) is 21.2 Å². The molecule has 0 saturated heterocycles. The second kappa shape index (κ2) is 6.54. The Balaban J connectivity index is 2.32. The van der Waals surface area contributed by atoms with Gasteiger partial charge in [0.15, 0.2) is 0 Å². The highest BCUT2D eigenvalue weighted by Gasteiger charge is 2.14. The van der Waals surface area contributed by atoms with Crippen molar-refractivity contribution in [3.8, 4) is 11.5 Å². The van der Waals surface area contributed by atoms with Crippen LogP contribution in [0.1, 0.15) is 15.9 Å². The molecule has 2 aromatic rings. The number of ether oxygens (including phenoxy) is 1. The van der Waals surface area contributed by atoms with Crippen molar-refractivity contribution in [2.45, 2.75) is 6.54 Å². The van der Waals surface area contributed by atoms with Crippen molar-refractivity contribution in [3.05, 3.63) is 58.1 Å². The van der Waals surface area contributed by atoms with Crippen LogP contribution in [-0.4, -0.2) is 13.0 Å². The van der Waals surface area contributed by atoms with Gasteiger partial charge >= 0.3 is 0 Å². The maximum atomic E-state index is 11.5. The first kappa shape index (κ1) is 14.6. The molecule has 4 nitrogen and oxygen atoms in total. The third-order valence-corrected chi connectivity index (χ3v) is 3.39. The van der Waals surface area contributed by atoms with E-state index in [-0.39, 0.29) is 0 Å². The van der Waals surface area contributed by atoms with E-state index in [0.29, 0.717) is 21.5 Å². The van der Waals surface area contributed by atoms with E-state index in [1.165, 1.54) is 0 Å². The minimum Gasteiger partial charge on any atom is -0.456 e. The zero-order valence-electron chi connectivity index (χ0n) is 11.0. The predicted octanol–water partition coefficient (Wildman–Crippen LogP) is 3.06. The molecule has 0 aromatic heterocycles. The molecule has 0 atom stereocenters. The molecule has 0 aliphatic heterocycles. The summed E-state index contributed by atoms with van der Waals surface area (Å²) in [4.78, 5) is 11.5. The Morgan fingerprint density at radius 1 is 1.30 bits per heavy atom. The highest BCUT2D eigenvalue weighted by atomic mass is 79.9. The van der Waals surface area contributed by atoms with Crippen molar-refractivity contribution in [1.29, 1.82) is 0 Å². The molecule has 0 spiro atoms. The van der Waals surface area contributed by atoms with Gasteiger partial charge in [0.25, 0.3) is 5.91 Å². The summed E-state index contributed by atoms with van der Waals surface area (Å²) in [6, 6.07) is 12.9. The second-order valence-corrected chi connectivity index (χ2v) is 5.11. The number of nitrogens with one attached hydrogen (secondary N) is 1. The number of nitrogens with two attached hydrogens (primary N) is 1. The highest BCUT2D eigenvalue weighted by molar-refractivity contribution is 9.10. The van der Waals surface area contributed by atoms with Gasteiger partial charge < -0.3 is 15.8 Å². The minimum absolute atomic E-state index is 0.339. The van der Waals surface area contributed by atoms with E-state index in [1.807, 2.05) is 31.3 Å². The van der Waals surface area contributed by atoms with E-state index in [4.69, 9.17) is 10.5 Å². The fourth-order valence-electron chi connectivity index (χ4n) is 1.88. The van der Waals surface area contributed by atoms with Gasteiger partial charge in [-0.15, -0.1) is 0 Å². The molecule has 0 aliphatic rings. The third kappa shape index (κ3) is 3.37. The summed E-state index contributed by atoms with van der Waals surface area (Å²) in [6.07, 6.45) is 0. The molecule has 0 fully saturated rings. The Morgan fingerprint density at radius 3 is 2.75 bits per heavy atom. The average Bonchev–Trinajstić information content (AvgIpc) is 2.39. The number of benzene rings is 2. The van der Waals surface area contributed by atoms with E-state index >= 15 is 0 Å². The lowest BCUT2D eigenvalue weighted by molar-refractivity contribution is 0.0997. The standard InChI is InChI=1S/C15H15BrN2O2/c1-18-9-10-4-2-5-11(8-10)20-13-7-3-6-12(16)14(13)15(17)19/h2-8,18H,9H2,1H3,(H2,17,19). The van der Waals surface area contributed by atoms with Gasteiger partial charge in [0.2, 0.25) is 0 Å². The van der Waals surface area contributed by atoms with E-state index < -0.39 is 5.91 Å². The van der Waals surface area contributed by atoms with Gasteiger partial charge in [0.05, 0.1) is 5.56 Å². The van der Waals surface area contributed by atoms with Crippen LogP contribution in [0, 0.1) is 0 Å². The van der Waals surface area contributed by atoms with E-state index in [0.717, 1.165) is 12.1 Å². The number of carbonyl (C=O) groups excluding carboxylic acids is 1. The van der Waals surface area contributed by atoms with Crippen molar-refractivity contribution < 1.29 is 9.53 Å². The molecule has 20 heavy (non-hydrogen) atoms. The number of halogens is 1. The Labute approximate surface area is 126 Å². The zero-order chi connectivity index (χ0) is 14.5. The van der Waals surface area contributed by atoms with Gasteiger partial charge in [-0.2, -0.15) is 0 Å². The van der Waals surface area contributed by atoms with Crippen LogP contribution in [0.3, 0.4) is 0 Å². The Bertz CT molecular complexity index is 629. The predicted molar refractivity (Wildman–Crippen MR) is 81.9 cm³/mol. The van der Waals surface area contributed by atoms with Gasteiger partial charge in [-0.3, -0.25) is 4.79 Å². The number of primary amides is 1. The summed E-state index contributed by atoms with van der Waals surface area (Å²) in [7, 11) is 1.88. The summed E-state index contributed by atoms with van der Waals surface area (Å²) >= 11 is 3.31. The first-order valence-electron chi connectivity index (χ1n) is 6.11. The Kier molecular flexibility index (Phi) is 4.76. The van der Waals surface area contributed by atoms with Crippen LogP contribution in [0.5, 0.6) is 11.5 Å². The maximum Gasteiger partial charge on any atom is 0.253 e. The molecular formula is C15H15BrN2O2. The van der Waals surface area contributed by atoms with Gasteiger partial charge in [-0.25, -0.2) is 0 Å². The molecule has 104 valence electrons. The largest absolute Gasteiger partial charge is 0.456 e. The number of hydrogen-bond donors (Lipinski definition) is 2. The molecule has 2 rings (SSSR count). The fraction of sp³-hybridized carbons (Fsp3) is 0.133. The normalized spacial score (nSPS) is 10.3. The lowest BCUT2D eigenvalue weighted by Crippen LogP contribution is -2.13. The monoisotopic (exact) mass is 334 g/mol. The average molecular weight is 335 g/mol. The fourth-order valence-corrected chi connectivity index (χ4v) is 2.42. The van der Waals surface area contributed by atoms with Crippen LogP contribution in [0.2, 0.25) is 0 Å². The highest BCUT2D eigenvalue weighted by Crippen LogP contribution is 2.30. The third-order valence-electron chi connectivity index (χ3n) is 2.73. The van der Waals surface area contributed by atoms with Crippen LogP contribution in [0.4, 0.5) is 0 Å². The molecule has 0 saturated carbocycles. The molecular weight excluding hydrogens is 320 g/mol. The molecule has 2 aromatic carbocycles. The topological polar surface area (TPSA) is 64.3 Å². The van der Waals surface area contributed by atoms with Crippen molar-refractivity contribution >= 4 is 21.8 Å². The molecule has 0 unspecified atom stereocenters. The summed E-state index contributed by atoms with van der Waals surface area (Å²) in [5.74, 6) is 0.575. The lowest BCUT2D eigenvalue weighted by Gasteiger charge is -2.11. The van der Waals surface area contributed by atoms with Gasteiger partial charge in [0, 0.05) is 11.0 Å². The van der Waals surface area contributed by atoms with Crippen LogP contribution in [0.15, 0.2) is 46.9 Å². The Morgan fingerprint density at radius 2 is 2.05 bits per heavy atom. The first-order chi connectivity index (χ1) is 9.61. The van der Waals surface area contributed by atoms with Crippen LogP contribution >= 0.6 is 15.9 Å². The zero-order valence-corrected chi connectivity index (χ0v) is 12.6. The molecule has 0 bridgehead atoms. The summed E-state index contributed by atoms with van der Waals surface area (Å²) in [5.41, 5.74) is 6.82. The Hall–Kier alpha value is -1.85. The molecule has 5 heteroatoms. The maximum absolute atomic E-state index is 11.5. The number of carbonyl (C=O) groups is 1. The minimum atomic E-state index is -0.529. The molecule has 0 heterocycles.